The third kappa shape index (κ3) is 10.4. The zero-order valence-corrected chi connectivity index (χ0v) is 35.4. The average molecular weight is 905 g/mol. The number of aryl methyl sites for hydroxylation is 2. The van der Waals surface area contributed by atoms with E-state index in [1.54, 1.807) is 13.8 Å². The summed E-state index contributed by atoms with van der Waals surface area (Å²) in [4.78, 5) is 16.1. The number of halogens is 3. The largest absolute Gasteiger partial charge is 0.504 e. The maximum absolute atomic E-state index is 11.7. The van der Waals surface area contributed by atoms with Crippen molar-refractivity contribution in [2.75, 3.05) is 0 Å². The number of hydrogen-bond acceptors (Lipinski definition) is 3. The van der Waals surface area contributed by atoms with Crippen LogP contribution in [0, 0.1) is 36.7 Å². The first-order valence-electron chi connectivity index (χ1n) is 19.0. The summed E-state index contributed by atoms with van der Waals surface area (Å²) in [5.74, 6) is -1.97. The molecule has 0 atom stereocenters. The molecule has 289 valence electrons. The first-order valence-corrected chi connectivity index (χ1v) is 19.0. The molecule has 2 aliphatic carbocycles. The van der Waals surface area contributed by atoms with Crippen LogP contribution in [0.5, 0.6) is 0 Å². The number of rotatable bonds is 5. The van der Waals surface area contributed by atoms with Gasteiger partial charge in [0.1, 0.15) is 0 Å². The topological polar surface area (TPSA) is 50.2 Å². The number of pyridine rings is 1. The summed E-state index contributed by atoms with van der Waals surface area (Å²) in [5, 5.41) is 12.3. The van der Waals surface area contributed by atoms with Crippen LogP contribution in [0.25, 0.3) is 32.9 Å². The summed E-state index contributed by atoms with van der Waals surface area (Å²) < 4.78 is 35.0. The molecule has 1 N–H and O–H groups in total. The van der Waals surface area contributed by atoms with Crippen LogP contribution in [-0.2, 0) is 30.3 Å². The number of nitrogens with zero attached hydrogens (tertiary/aromatic N) is 1. The van der Waals surface area contributed by atoms with Crippen molar-refractivity contribution in [1.82, 2.24) is 4.98 Å². The van der Waals surface area contributed by atoms with Gasteiger partial charge in [0.05, 0.1) is 5.52 Å². The minimum Gasteiger partial charge on any atom is -0.504 e. The molecule has 0 aliphatic heterocycles. The van der Waals surface area contributed by atoms with Crippen molar-refractivity contribution in [3.63, 3.8) is 0 Å². The van der Waals surface area contributed by atoms with Gasteiger partial charge in [0, 0.05) is 43.7 Å². The standard InChI is InChI=1S/C38H46N.C8H11F3O2.Ir/c1-25-20-26(2)35-31(27-12-14-38(15-13-27)18-16-37(6,7)17-19-38)24-33(39-34(35)21-25)29-22-28-10-8-9-11-30(28)32(23-29)36(3,4)5;1-5(2)3-6(12)4-7(13)8(9,10)11;/h8-11,20-21,23-24,27H,12-19H2,1-7H3;4-5,13H,3H2,1-2H3;/q-1;;/b;7-4-;. The molecule has 3 nitrogen and oxygen atoms in total. The van der Waals surface area contributed by atoms with Crippen molar-refractivity contribution in [1.29, 1.82) is 0 Å². The van der Waals surface area contributed by atoms with Gasteiger partial charge in [-0.15, -0.1) is 29.1 Å². The third-order valence-corrected chi connectivity index (χ3v) is 11.5. The van der Waals surface area contributed by atoms with Gasteiger partial charge in [0.2, 0.25) is 5.76 Å². The van der Waals surface area contributed by atoms with Crippen molar-refractivity contribution >= 4 is 27.5 Å². The monoisotopic (exact) mass is 905 g/mol. The van der Waals surface area contributed by atoms with E-state index in [1.165, 1.54) is 89.8 Å². The Hall–Kier alpha value is -3.02. The second kappa shape index (κ2) is 16.4. The maximum Gasteiger partial charge on any atom is 0.448 e. The van der Waals surface area contributed by atoms with Crippen LogP contribution in [0.2, 0.25) is 0 Å². The molecule has 0 unspecified atom stereocenters. The Bertz CT molecular complexity index is 1950. The van der Waals surface area contributed by atoms with Crippen LogP contribution >= 0.6 is 0 Å². The molecule has 2 aliphatic rings. The number of ketones is 1. The van der Waals surface area contributed by atoms with E-state index < -0.39 is 17.7 Å². The fourth-order valence-electron chi connectivity index (χ4n) is 8.43. The molecule has 4 aromatic rings. The molecular formula is C46H57F3IrNO2-. The molecule has 1 heterocycles. The van der Waals surface area contributed by atoms with Gasteiger partial charge in [-0.05, 0) is 116 Å². The van der Waals surface area contributed by atoms with Gasteiger partial charge >= 0.3 is 6.18 Å². The number of benzene rings is 3. The normalized spacial score (nSPS) is 17.8. The van der Waals surface area contributed by atoms with E-state index in [0.717, 1.165) is 16.8 Å². The van der Waals surface area contributed by atoms with E-state index in [9.17, 15) is 18.0 Å². The van der Waals surface area contributed by atoms with Gasteiger partial charge < -0.3 is 5.11 Å². The van der Waals surface area contributed by atoms with Gasteiger partial charge in [-0.3, -0.25) is 9.78 Å². The Morgan fingerprint density at radius 2 is 1.58 bits per heavy atom. The molecule has 0 bridgehead atoms. The molecule has 6 rings (SSSR count). The Morgan fingerprint density at radius 3 is 2.17 bits per heavy atom. The second-order valence-corrected chi connectivity index (χ2v) is 18.0. The van der Waals surface area contributed by atoms with Crippen LogP contribution in [0.4, 0.5) is 13.2 Å². The van der Waals surface area contributed by atoms with Gasteiger partial charge in [-0.1, -0.05) is 89.7 Å². The molecule has 53 heavy (non-hydrogen) atoms. The zero-order valence-electron chi connectivity index (χ0n) is 33.0. The Balaban J connectivity index is 0.000000386. The molecule has 0 amide bonds. The van der Waals surface area contributed by atoms with Crippen LogP contribution in [0.1, 0.15) is 134 Å². The number of carbonyl (C=O) groups excluding carboxylic acids is 1. The number of carbonyl (C=O) groups is 1. The molecule has 1 spiro atoms. The van der Waals surface area contributed by atoms with Crippen molar-refractivity contribution in [3.05, 3.63) is 88.7 Å². The molecule has 2 saturated carbocycles. The van der Waals surface area contributed by atoms with Gasteiger partial charge in [-0.25, -0.2) is 0 Å². The summed E-state index contributed by atoms with van der Waals surface area (Å²) in [7, 11) is 0. The third-order valence-electron chi connectivity index (χ3n) is 11.5. The van der Waals surface area contributed by atoms with Gasteiger partial charge in [0.15, 0.2) is 5.78 Å². The fourth-order valence-corrected chi connectivity index (χ4v) is 8.43. The number of alkyl halides is 3. The Morgan fingerprint density at radius 1 is 0.962 bits per heavy atom. The van der Waals surface area contributed by atoms with Crippen LogP contribution in [0.15, 0.2) is 60.4 Å². The first-order chi connectivity index (χ1) is 24.2. The number of allylic oxidation sites excluding steroid dienone is 2. The maximum atomic E-state index is 11.7. The van der Waals surface area contributed by atoms with Gasteiger partial charge in [0.25, 0.3) is 0 Å². The fraction of sp³-hybridized carbons (Fsp3) is 0.522. The number of aliphatic hydroxyl groups is 1. The van der Waals surface area contributed by atoms with E-state index in [4.69, 9.17) is 10.1 Å². The number of fused-ring (bicyclic) bond motifs is 2. The summed E-state index contributed by atoms with van der Waals surface area (Å²) in [5.41, 5.74) is 10.1. The molecule has 0 saturated heterocycles. The quantitative estimate of drug-likeness (QED) is 0.123. The molecule has 7 heteroatoms. The molecule has 3 aromatic carbocycles. The molecule has 2 fully saturated rings. The van der Waals surface area contributed by atoms with Crippen LogP contribution in [0.3, 0.4) is 0 Å². The summed E-state index contributed by atoms with van der Waals surface area (Å²) >= 11 is 0. The number of aliphatic hydroxyl groups excluding tert-OH is 1. The minimum atomic E-state index is -4.83. The Kier molecular flexibility index (Phi) is 13.2. The Labute approximate surface area is 328 Å². The van der Waals surface area contributed by atoms with Crippen molar-refractivity contribution in [2.24, 2.45) is 16.7 Å². The summed E-state index contributed by atoms with van der Waals surface area (Å²) in [6.45, 7) is 19.8. The van der Waals surface area contributed by atoms with E-state index in [0.29, 0.717) is 16.7 Å². The smallest absolute Gasteiger partial charge is 0.448 e. The second-order valence-electron chi connectivity index (χ2n) is 18.0. The predicted octanol–water partition coefficient (Wildman–Crippen LogP) is 13.6. The number of aromatic nitrogens is 1. The minimum absolute atomic E-state index is 0. The SMILES string of the molecule is CC(C)CC(=O)/C=C(\O)C(F)(F)F.Cc1cc(C)c2c(C3CCC4(CC3)CCC(C)(C)CC4)cc(-c3[c-]c4ccccc4c(C(C)(C)C)c3)nc2c1.[Ir]. The average Bonchev–Trinajstić information content (AvgIpc) is 3.04. The first kappa shape index (κ1) is 42.7. The van der Waals surface area contributed by atoms with Crippen LogP contribution < -0.4 is 0 Å². The van der Waals surface area contributed by atoms with Crippen molar-refractivity contribution < 1.29 is 43.2 Å². The molecule has 1 aromatic heterocycles. The molecular weight excluding hydrogens is 848 g/mol. The van der Waals surface area contributed by atoms with E-state index >= 15 is 0 Å². The zero-order chi connectivity index (χ0) is 38.2. The van der Waals surface area contributed by atoms with Crippen LogP contribution in [-0.4, -0.2) is 22.1 Å². The molecule has 1 radical (unpaired) electrons. The van der Waals surface area contributed by atoms with E-state index in [-0.39, 0.29) is 43.9 Å². The van der Waals surface area contributed by atoms with Gasteiger partial charge in [-0.2, -0.15) is 13.2 Å². The summed E-state index contributed by atoms with van der Waals surface area (Å²) in [6.07, 6.45) is 6.42. The number of hydrogen-bond donors (Lipinski definition) is 1. The van der Waals surface area contributed by atoms with E-state index in [2.05, 4.69) is 103 Å². The van der Waals surface area contributed by atoms with Crippen molar-refractivity contribution in [3.8, 4) is 11.3 Å². The summed E-state index contributed by atoms with van der Waals surface area (Å²) in [6, 6.07) is 22.0. The van der Waals surface area contributed by atoms with Crippen molar-refractivity contribution in [2.45, 2.75) is 138 Å². The van der Waals surface area contributed by atoms with E-state index in [1.807, 2.05) is 0 Å². The predicted molar refractivity (Wildman–Crippen MR) is 209 cm³/mol.